The van der Waals surface area contributed by atoms with E-state index in [0.29, 0.717) is 17.2 Å². The van der Waals surface area contributed by atoms with E-state index in [1.807, 2.05) is 13.8 Å². The smallest absolute Gasteiger partial charge is 0.341 e. The molecule has 0 aliphatic carbocycles. The Bertz CT molecular complexity index is 482. The summed E-state index contributed by atoms with van der Waals surface area (Å²) in [6.07, 6.45) is 3.82. The van der Waals surface area contributed by atoms with Crippen molar-refractivity contribution in [2.75, 3.05) is 11.9 Å². The maximum atomic E-state index is 12.3. The largest absolute Gasteiger partial charge is 0.462 e. The molecule has 1 rings (SSSR count). The number of hydrogen-bond acceptors (Lipinski definition) is 4. The molecular formula is C16H25NO3S. The summed E-state index contributed by atoms with van der Waals surface area (Å²) in [6, 6.07) is 1.77. The zero-order chi connectivity index (χ0) is 15.8. The Morgan fingerprint density at radius 2 is 2.05 bits per heavy atom. The van der Waals surface area contributed by atoms with E-state index >= 15 is 0 Å². The minimum absolute atomic E-state index is 0.00153. The first-order chi connectivity index (χ1) is 10.0. The van der Waals surface area contributed by atoms with E-state index in [1.165, 1.54) is 11.3 Å². The lowest BCUT2D eigenvalue weighted by Crippen LogP contribution is -2.23. The molecule has 0 radical (unpaired) electrons. The quantitative estimate of drug-likeness (QED) is 0.724. The van der Waals surface area contributed by atoms with Crippen molar-refractivity contribution < 1.29 is 14.3 Å². The van der Waals surface area contributed by atoms with Crippen LogP contribution in [0.5, 0.6) is 0 Å². The first-order valence-electron chi connectivity index (χ1n) is 7.61. The van der Waals surface area contributed by atoms with Gasteiger partial charge in [0.15, 0.2) is 0 Å². The number of esters is 1. The summed E-state index contributed by atoms with van der Waals surface area (Å²) in [5.41, 5.74) is 0.457. The van der Waals surface area contributed by atoms with Gasteiger partial charge in [-0.05, 0) is 32.8 Å². The highest BCUT2D eigenvalue weighted by atomic mass is 32.1. The topological polar surface area (TPSA) is 55.4 Å². The van der Waals surface area contributed by atoms with Gasteiger partial charge in [-0.15, -0.1) is 11.3 Å². The summed E-state index contributed by atoms with van der Waals surface area (Å²) in [5, 5.41) is 3.51. The molecule has 1 aromatic rings. The highest BCUT2D eigenvalue weighted by molar-refractivity contribution is 7.16. The SMILES string of the molecule is CCCCC(CC)C(=O)Nc1sc(C)cc1C(=O)OCC. The molecule has 1 aromatic heterocycles. The van der Waals surface area contributed by atoms with Crippen LogP contribution in [-0.4, -0.2) is 18.5 Å². The van der Waals surface area contributed by atoms with Crippen LogP contribution in [0, 0.1) is 12.8 Å². The third kappa shape index (κ3) is 5.16. The minimum Gasteiger partial charge on any atom is -0.462 e. The Hall–Kier alpha value is -1.36. The fourth-order valence-electron chi connectivity index (χ4n) is 2.15. The molecule has 118 valence electrons. The third-order valence-corrected chi connectivity index (χ3v) is 4.32. The number of hydrogen-bond donors (Lipinski definition) is 1. The second-order valence-electron chi connectivity index (χ2n) is 5.06. The number of carbonyl (C=O) groups is 2. The first-order valence-corrected chi connectivity index (χ1v) is 8.43. The van der Waals surface area contributed by atoms with Gasteiger partial charge in [-0.1, -0.05) is 26.7 Å². The fraction of sp³-hybridized carbons (Fsp3) is 0.625. The van der Waals surface area contributed by atoms with Gasteiger partial charge in [0, 0.05) is 10.8 Å². The van der Waals surface area contributed by atoms with E-state index in [9.17, 15) is 9.59 Å². The van der Waals surface area contributed by atoms with Crippen molar-refractivity contribution >= 4 is 28.2 Å². The van der Waals surface area contributed by atoms with Gasteiger partial charge in [0.05, 0.1) is 12.2 Å². The predicted molar refractivity (Wildman–Crippen MR) is 86.9 cm³/mol. The second kappa shape index (κ2) is 8.82. The summed E-state index contributed by atoms with van der Waals surface area (Å²) >= 11 is 1.42. The maximum Gasteiger partial charge on any atom is 0.341 e. The number of unbranched alkanes of at least 4 members (excludes halogenated alkanes) is 1. The average molecular weight is 311 g/mol. The lowest BCUT2D eigenvalue weighted by molar-refractivity contribution is -0.120. The molecule has 1 atom stereocenters. The maximum absolute atomic E-state index is 12.3. The number of ether oxygens (including phenoxy) is 1. The van der Waals surface area contributed by atoms with Gasteiger partial charge >= 0.3 is 5.97 Å². The summed E-state index contributed by atoms with van der Waals surface area (Å²) in [4.78, 5) is 25.2. The lowest BCUT2D eigenvalue weighted by atomic mass is 9.98. The molecule has 1 N–H and O–H groups in total. The van der Waals surface area contributed by atoms with E-state index in [-0.39, 0.29) is 17.8 Å². The van der Waals surface area contributed by atoms with Crippen molar-refractivity contribution in [2.45, 2.75) is 53.4 Å². The Morgan fingerprint density at radius 1 is 1.33 bits per heavy atom. The Labute approximate surface area is 130 Å². The normalized spacial score (nSPS) is 12.0. The van der Waals surface area contributed by atoms with E-state index in [0.717, 1.165) is 30.6 Å². The van der Waals surface area contributed by atoms with Crippen molar-refractivity contribution in [3.8, 4) is 0 Å². The van der Waals surface area contributed by atoms with Crippen LogP contribution in [0.1, 0.15) is 61.7 Å². The molecular weight excluding hydrogens is 286 g/mol. The molecule has 0 aliphatic rings. The number of nitrogens with one attached hydrogen (secondary N) is 1. The van der Waals surface area contributed by atoms with Gasteiger partial charge in [0.25, 0.3) is 0 Å². The summed E-state index contributed by atoms with van der Waals surface area (Å²) in [5.74, 6) is -0.375. The van der Waals surface area contributed by atoms with Crippen LogP contribution in [0.4, 0.5) is 5.00 Å². The van der Waals surface area contributed by atoms with Gasteiger partial charge in [-0.3, -0.25) is 4.79 Å². The van der Waals surface area contributed by atoms with Crippen LogP contribution >= 0.6 is 11.3 Å². The van der Waals surface area contributed by atoms with Gasteiger partial charge in [0.1, 0.15) is 5.00 Å². The monoisotopic (exact) mass is 311 g/mol. The second-order valence-corrected chi connectivity index (χ2v) is 6.31. The number of thiophene rings is 1. The highest BCUT2D eigenvalue weighted by Gasteiger charge is 2.21. The predicted octanol–water partition coefficient (Wildman–Crippen LogP) is 4.39. The van der Waals surface area contributed by atoms with Crippen LogP contribution in [0.15, 0.2) is 6.07 Å². The molecule has 0 aromatic carbocycles. The van der Waals surface area contributed by atoms with Crippen molar-refractivity contribution in [2.24, 2.45) is 5.92 Å². The molecule has 1 heterocycles. The average Bonchev–Trinajstić information content (AvgIpc) is 2.80. The Balaban J connectivity index is 2.81. The molecule has 0 aliphatic heterocycles. The molecule has 1 unspecified atom stereocenters. The van der Waals surface area contributed by atoms with Gasteiger partial charge in [-0.2, -0.15) is 0 Å². The number of carbonyl (C=O) groups excluding carboxylic acids is 2. The van der Waals surface area contributed by atoms with Crippen molar-refractivity contribution in [1.82, 2.24) is 0 Å². The zero-order valence-corrected chi connectivity index (χ0v) is 14.1. The summed E-state index contributed by atoms with van der Waals surface area (Å²) < 4.78 is 5.03. The standard InChI is InChI=1S/C16H25NO3S/c1-5-8-9-12(6-2)14(18)17-15-13(10-11(4)21-15)16(19)20-7-3/h10,12H,5-9H2,1-4H3,(H,17,18). The number of rotatable bonds is 8. The van der Waals surface area contributed by atoms with Crippen molar-refractivity contribution in [3.05, 3.63) is 16.5 Å². The molecule has 21 heavy (non-hydrogen) atoms. The number of aryl methyl sites for hydroxylation is 1. The molecule has 0 bridgehead atoms. The minimum atomic E-state index is -0.376. The Morgan fingerprint density at radius 3 is 2.62 bits per heavy atom. The highest BCUT2D eigenvalue weighted by Crippen LogP contribution is 2.29. The Kier molecular flexibility index (Phi) is 7.43. The third-order valence-electron chi connectivity index (χ3n) is 3.36. The van der Waals surface area contributed by atoms with Crippen LogP contribution in [0.2, 0.25) is 0 Å². The van der Waals surface area contributed by atoms with E-state index in [2.05, 4.69) is 12.2 Å². The van der Waals surface area contributed by atoms with E-state index < -0.39 is 0 Å². The van der Waals surface area contributed by atoms with Crippen molar-refractivity contribution in [3.63, 3.8) is 0 Å². The molecule has 4 nitrogen and oxygen atoms in total. The van der Waals surface area contributed by atoms with Crippen LogP contribution in [0.25, 0.3) is 0 Å². The fourth-order valence-corrected chi connectivity index (χ4v) is 3.06. The number of anilines is 1. The first kappa shape index (κ1) is 17.7. The van der Waals surface area contributed by atoms with Crippen LogP contribution in [-0.2, 0) is 9.53 Å². The summed E-state index contributed by atoms with van der Waals surface area (Å²) in [7, 11) is 0. The van der Waals surface area contributed by atoms with E-state index in [1.54, 1.807) is 13.0 Å². The summed E-state index contributed by atoms with van der Waals surface area (Å²) in [6.45, 7) is 8.15. The molecule has 1 amide bonds. The lowest BCUT2D eigenvalue weighted by Gasteiger charge is -2.14. The molecule has 0 fully saturated rings. The zero-order valence-electron chi connectivity index (χ0n) is 13.3. The van der Waals surface area contributed by atoms with Crippen LogP contribution in [0.3, 0.4) is 0 Å². The molecule has 0 saturated carbocycles. The molecule has 0 saturated heterocycles. The van der Waals surface area contributed by atoms with Gasteiger partial charge in [-0.25, -0.2) is 4.79 Å². The van der Waals surface area contributed by atoms with Crippen molar-refractivity contribution in [1.29, 1.82) is 0 Å². The van der Waals surface area contributed by atoms with Crippen LogP contribution < -0.4 is 5.32 Å². The van der Waals surface area contributed by atoms with Gasteiger partial charge in [0.2, 0.25) is 5.91 Å². The molecule has 5 heteroatoms. The van der Waals surface area contributed by atoms with Gasteiger partial charge < -0.3 is 10.1 Å². The number of amides is 1. The van der Waals surface area contributed by atoms with E-state index in [4.69, 9.17) is 4.74 Å². The molecule has 0 spiro atoms.